The Kier molecular flexibility index (Phi) is 5.16. The predicted octanol–water partition coefficient (Wildman–Crippen LogP) is 3.90. The summed E-state index contributed by atoms with van der Waals surface area (Å²) in [6.45, 7) is 2.23. The molecule has 136 valence electrons. The molecule has 0 unspecified atom stereocenters. The molecular formula is C17H19N5OS3. The molecule has 0 aliphatic heterocycles. The van der Waals surface area contributed by atoms with Crippen LogP contribution in [0.25, 0.3) is 0 Å². The number of anilines is 2. The smallest absolute Gasteiger partial charge is 0.235 e. The minimum Gasteiger partial charge on any atom is -0.357 e. The molecule has 6 nitrogen and oxygen atoms in total. The maximum absolute atomic E-state index is 12.3. The first-order chi connectivity index (χ1) is 12.6. The van der Waals surface area contributed by atoms with Crippen molar-refractivity contribution in [2.75, 3.05) is 16.4 Å². The number of fused-ring (bicyclic) bond motifs is 1. The van der Waals surface area contributed by atoms with Gasteiger partial charge in [0, 0.05) is 10.9 Å². The minimum atomic E-state index is -0.106. The molecule has 9 heteroatoms. The van der Waals surface area contributed by atoms with Crippen molar-refractivity contribution < 1.29 is 4.79 Å². The van der Waals surface area contributed by atoms with Crippen LogP contribution in [-0.2, 0) is 17.6 Å². The second kappa shape index (κ2) is 7.55. The Morgan fingerprint density at radius 2 is 2.19 bits per heavy atom. The highest BCUT2D eigenvalue weighted by Gasteiger charge is 2.25. The number of amides is 1. The molecule has 0 spiro atoms. The number of aromatic nitrogens is 2. The number of thioether (sulfide) groups is 1. The molecule has 0 bridgehead atoms. The fraction of sp³-hybridized carbons (Fsp3) is 0.529. The number of carbonyl (C=O) groups is 1. The zero-order valence-corrected chi connectivity index (χ0v) is 16.8. The minimum absolute atomic E-state index is 0.106. The molecule has 2 heterocycles. The van der Waals surface area contributed by atoms with Crippen LogP contribution in [0.4, 0.5) is 10.1 Å². The van der Waals surface area contributed by atoms with E-state index >= 15 is 0 Å². The second-order valence-electron chi connectivity index (χ2n) is 6.80. The summed E-state index contributed by atoms with van der Waals surface area (Å²) >= 11 is 4.42. The highest BCUT2D eigenvalue weighted by Crippen LogP contribution is 2.39. The van der Waals surface area contributed by atoms with Crippen LogP contribution in [0, 0.1) is 17.2 Å². The predicted molar refractivity (Wildman–Crippen MR) is 106 cm³/mol. The van der Waals surface area contributed by atoms with Gasteiger partial charge >= 0.3 is 0 Å². The van der Waals surface area contributed by atoms with Crippen LogP contribution in [0.15, 0.2) is 4.34 Å². The molecule has 2 aliphatic rings. The molecule has 26 heavy (non-hydrogen) atoms. The number of carbonyl (C=O) groups excluding carboxylic acids is 1. The summed E-state index contributed by atoms with van der Waals surface area (Å²) in [6, 6.07) is 2.83. The van der Waals surface area contributed by atoms with E-state index in [4.69, 9.17) is 0 Å². The van der Waals surface area contributed by atoms with Crippen LogP contribution >= 0.6 is 34.4 Å². The van der Waals surface area contributed by atoms with Crippen LogP contribution in [0.1, 0.15) is 42.2 Å². The zero-order chi connectivity index (χ0) is 18.1. The lowest BCUT2D eigenvalue weighted by Gasteiger charge is -2.17. The number of nitrogens with zero attached hydrogens (tertiary/aromatic N) is 3. The summed E-state index contributed by atoms with van der Waals surface area (Å²) in [5.41, 5.74) is 1.79. The third-order valence-corrected chi connectivity index (χ3v) is 7.67. The summed E-state index contributed by atoms with van der Waals surface area (Å²) in [6.07, 6.45) is 5.42. The normalized spacial score (nSPS) is 18.8. The average molecular weight is 406 g/mol. The highest BCUT2D eigenvalue weighted by molar-refractivity contribution is 8.01. The first-order valence-corrected chi connectivity index (χ1v) is 11.3. The van der Waals surface area contributed by atoms with Crippen LogP contribution in [0.5, 0.6) is 0 Å². The molecule has 1 saturated carbocycles. The number of thiophene rings is 1. The van der Waals surface area contributed by atoms with Crippen LogP contribution in [0.2, 0.25) is 0 Å². The third kappa shape index (κ3) is 4.03. The monoisotopic (exact) mass is 405 g/mol. The first-order valence-electron chi connectivity index (χ1n) is 8.69. The Labute approximate surface area is 164 Å². The molecule has 2 N–H and O–H groups in total. The van der Waals surface area contributed by atoms with Gasteiger partial charge in [-0.3, -0.25) is 4.79 Å². The summed E-state index contributed by atoms with van der Waals surface area (Å²) in [5.74, 6) is 0.801. The molecule has 1 fully saturated rings. The largest absolute Gasteiger partial charge is 0.357 e. The standard InChI is InChI=1S/C17H19N5OS3/c1-9-2-5-11-12(7-18)15(25-13(11)6-9)20-14(23)8-24-17-22-21-16(26-17)19-10-3-4-10/h9-10H,2-6,8H2,1H3,(H,19,21)(H,20,23)/t9-/m0/s1. The van der Waals surface area contributed by atoms with Crippen molar-refractivity contribution in [2.45, 2.75) is 49.4 Å². The van der Waals surface area contributed by atoms with Gasteiger partial charge in [-0.05, 0) is 43.6 Å². The van der Waals surface area contributed by atoms with Gasteiger partial charge in [-0.2, -0.15) is 5.26 Å². The van der Waals surface area contributed by atoms with Gasteiger partial charge < -0.3 is 10.6 Å². The summed E-state index contributed by atoms with van der Waals surface area (Å²) in [5, 5.41) is 25.5. The van der Waals surface area contributed by atoms with Gasteiger partial charge in [0.25, 0.3) is 0 Å². The molecule has 1 amide bonds. The highest BCUT2D eigenvalue weighted by atomic mass is 32.2. The van der Waals surface area contributed by atoms with E-state index in [0.717, 1.165) is 34.3 Å². The van der Waals surface area contributed by atoms with E-state index in [-0.39, 0.29) is 11.7 Å². The molecule has 4 rings (SSSR count). The summed E-state index contributed by atoms with van der Waals surface area (Å²) < 4.78 is 0.781. The van der Waals surface area contributed by atoms with E-state index in [0.29, 0.717) is 22.5 Å². The molecule has 2 aromatic heterocycles. The van der Waals surface area contributed by atoms with Crippen molar-refractivity contribution in [1.29, 1.82) is 5.26 Å². The zero-order valence-electron chi connectivity index (χ0n) is 14.4. The SMILES string of the molecule is C[C@H]1CCc2c(sc(NC(=O)CSc3nnc(NC4CC4)s3)c2C#N)C1. The van der Waals surface area contributed by atoms with Gasteiger partial charge in [0.05, 0.1) is 11.3 Å². The van der Waals surface area contributed by atoms with Gasteiger partial charge in [-0.15, -0.1) is 21.5 Å². The van der Waals surface area contributed by atoms with Crippen LogP contribution in [-0.4, -0.2) is 27.9 Å². The lowest BCUT2D eigenvalue weighted by Crippen LogP contribution is -2.14. The number of nitriles is 1. The van der Waals surface area contributed by atoms with E-state index in [1.54, 1.807) is 11.3 Å². The van der Waals surface area contributed by atoms with Gasteiger partial charge in [-0.1, -0.05) is 30.0 Å². The Morgan fingerprint density at radius 1 is 1.35 bits per heavy atom. The Hall–Kier alpha value is -1.63. The van der Waals surface area contributed by atoms with E-state index in [1.165, 1.54) is 40.8 Å². The number of hydrogen-bond acceptors (Lipinski definition) is 8. The van der Waals surface area contributed by atoms with Crippen molar-refractivity contribution in [1.82, 2.24) is 10.2 Å². The molecule has 0 aromatic carbocycles. The Bertz CT molecular complexity index is 864. The van der Waals surface area contributed by atoms with Crippen molar-refractivity contribution >= 4 is 50.5 Å². The lowest BCUT2D eigenvalue weighted by molar-refractivity contribution is -0.113. The fourth-order valence-electron chi connectivity index (χ4n) is 2.98. The number of rotatable bonds is 6. The van der Waals surface area contributed by atoms with E-state index < -0.39 is 0 Å². The number of nitrogens with one attached hydrogen (secondary N) is 2. The second-order valence-corrected chi connectivity index (χ2v) is 10.1. The van der Waals surface area contributed by atoms with Crippen molar-refractivity contribution in [3.05, 3.63) is 16.0 Å². The molecule has 2 aromatic rings. The van der Waals surface area contributed by atoms with E-state index in [9.17, 15) is 10.1 Å². The Morgan fingerprint density at radius 3 is 2.96 bits per heavy atom. The molecule has 1 atom stereocenters. The van der Waals surface area contributed by atoms with Gasteiger partial charge in [0.2, 0.25) is 11.0 Å². The van der Waals surface area contributed by atoms with Gasteiger partial charge in [-0.25, -0.2) is 0 Å². The average Bonchev–Trinajstić information content (AvgIpc) is 3.20. The molecular weight excluding hydrogens is 386 g/mol. The molecule has 2 aliphatic carbocycles. The van der Waals surface area contributed by atoms with Crippen molar-refractivity contribution in [2.24, 2.45) is 5.92 Å². The van der Waals surface area contributed by atoms with Crippen LogP contribution < -0.4 is 10.6 Å². The van der Waals surface area contributed by atoms with Crippen molar-refractivity contribution in [3.8, 4) is 6.07 Å². The maximum atomic E-state index is 12.3. The van der Waals surface area contributed by atoms with E-state index in [1.807, 2.05) is 0 Å². The maximum Gasteiger partial charge on any atom is 0.235 e. The molecule has 0 radical (unpaired) electrons. The Balaban J connectivity index is 1.36. The summed E-state index contributed by atoms with van der Waals surface area (Å²) in [4.78, 5) is 13.6. The van der Waals surface area contributed by atoms with Gasteiger partial charge in [0.15, 0.2) is 4.34 Å². The third-order valence-electron chi connectivity index (χ3n) is 4.51. The quantitative estimate of drug-likeness (QED) is 0.708. The van der Waals surface area contributed by atoms with Crippen molar-refractivity contribution in [3.63, 3.8) is 0 Å². The first kappa shape index (κ1) is 17.8. The summed E-state index contributed by atoms with van der Waals surface area (Å²) in [7, 11) is 0. The molecule has 0 saturated heterocycles. The van der Waals surface area contributed by atoms with Crippen LogP contribution in [0.3, 0.4) is 0 Å². The van der Waals surface area contributed by atoms with E-state index in [2.05, 4.69) is 33.8 Å². The number of hydrogen-bond donors (Lipinski definition) is 2. The topological polar surface area (TPSA) is 90.7 Å². The van der Waals surface area contributed by atoms with Gasteiger partial charge in [0.1, 0.15) is 11.1 Å². The fourth-order valence-corrected chi connectivity index (χ4v) is 5.98. The lowest BCUT2D eigenvalue weighted by atomic mass is 9.89.